The molecule has 1 fully saturated rings. The molecular weight excluding hydrogens is 535 g/mol. The van der Waals surface area contributed by atoms with Gasteiger partial charge in [0.15, 0.2) is 11.5 Å². The summed E-state index contributed by atoms with van der Waals surface area (Å²) in [5, 5.41) is 3.20. The quantitative estimate of drug-likeness (QED) is 0.412. The molecule has 1 saturated heterocycles. The molecule has 220 valence electrons. The lowest BCUT2D eigenvalue weighted by molar-refractivity contribution is -0.124. The van der Waals surface area contributed by atoms with Gasteiger partial charge in [-0.2, -0.15) is 0 Å². The van der Waals surface area contributed by atoms with Crippen LogP contribution in [0.25, 0.3) is 0 Å². The zero-order valence-electron chi connectivity index (χ0n) is 24.1. The molecule has 8 nitrogen and oxygen atoms in total. The van der Waals surface area contributed by atoms with E-state index in [0.717, 1.165) is 61.5 Å². The van der Waals surface area contributed by atoms with Gasteiger partial charge in [-0.05, 0) is 78.5 Å². The molecular formula is C33H37FN4O4. The maximum atomic E-state index is 13.9. The minimum Gasteiger partial charge on any atom is -0.493 e. The molecule has 0 radical (unpaired) electrons. The number of methoxy groups -OCH3 is 2. The first kappa shape index (κ1) is 28.0. The molecule has 6 rings (SSSR count). The van der Waals surface area contributed by atoms with E-state index in [1.165, 1.54) is 12.1 Å². The van der Waals surface area contributed by atoms with E-state index in [1.54, 1.807) is 14.2 Å². The van der Waals surface area contributed by atoms with Gasteiger partial charge >= 0.3 is 0 Å². The van der Waals surface area contributed by atoms with Crippen molar-refractivity contribution in [3.05, 3.63) is 88.7 Å². The van der Waals surface area contributed by atoms with Gasteiger partial charge < -0.3 is 24.6 Å². The highest BCUT2D eigenvalue weighted by atomic mass is 19.1. The fourth-order valence-corrected chi connectivity index (χ4v) is 6.64. The van der Waals surface area contributed by atoms with Crippen LogP contribution >= 0.6 is 0 Å². The molecule has 0 spiro atoms. The summed E-state index contributed by atoms with van der Waals surface area (Å²) in [7, 11) is 3.21. The molecule has 3 aliphatic rings. The summed E-state index contributed by atoms with van der Waals surface area (Å²) < 4.78 is 24.4. The number of fused-ring (bicyclic) bond motifs is 4. The summed E-state index contributed by atoms with van der Waals surface area (Å²) in [5.41, 5.74) is 4.40. The van der Waals surface area contributed by atoms with Gasteiger partial charge in [-0.15, -0.1) is 0 Å². The zero-order valence-corrected chi connectivity index (χ0v) is 24.1. The van der Waals surface area contributed by atoms with Crippen molar-refractivity contribution in [1.82, 2.24) is 15.1 Å². The lowest BCUT2D eigenvalue weighted by Crippen LogP contribution is -2.50. The van der Waals surface area contributed by atoms with Gasteiger partial charge in [-0.3, -0.25) is 14.5 Å². The fraction of sp³-hybridized carbons (Fsp3) is 0.394. The van der Waals surface area contributed by atoms with Crippen LogP contribution in [-0.4, -0.2) is 81.6 Å². The summed E-state index contributed by atoms with van der Waals surface area (Å²) in [5.74, 6) is 0.363. The minimum atomic E-state index is -0.532. The number of nitrogens with zero attached hydrogens (tertiary/aromatic N) is 3. The number of piperazine rings is 1. The molecule has 0 unspecified atom stereocenters. The highest BCUT2D eigenvalue weighted by molar-refractivity contribution is 6.01. The normalized spacial score (nSPS) is 19.9. The van der Waals surface area contributed by atoms with E-state index in [4.69, 9.17) is 9.47 Å². The van der Waals surface area contributed by atoms with Gasteiger partial charge in [0.1, 0.15) is 5.82 Å². The molecule has 2 atom stereocenters. The smallest absolute Gasteiger partial charge is 0.254 e. The summed E-state index contributed by atoms with van der Waals surface area (Å²) in [6, 6.07) is 17.6. The Balaban J connectivity index is 1.14. The number of rotatable bonds is 8. The first-order chi connectivity index (χ1) is 20.5. The average Bonchev–Trinajstić information content (AvgIpc) is 3.03. The van der Waals surface area contributed by atoms with E-state index in [-0.39, 0.29) is 17.6 Å². The summed E-state index contributed by atoms with van der Waals surface area (Å²) in [6.07, 6.45) is 1.51. The number of hydrogen-bond donors (Lipinski definition) is 1. The summed E-state index contributed by atoms with van der Waals surface area (Å²) >= 11 is 0. The van der Waals surface area contributed by atoms with Gasteiger partial charge in [-0.1, -0.05) is 18.2 Å². The predicted octanol–water partition coefficient (Wildman–Crippen LogP) is 4.01. The third kappa shape index (κ3) is 5.29. The first-order valence-corrected chi connectivity index (χ1v) is 14.6. The van der Waals surface area contributed by atoms with Crippen LogP contribution in [0.5, 0.6) is 11.5 Å². The Morgan fingerprint density at radius 2 is 1.64 bits per heavy atom. The summed E-state index contributed by atoms with van der Waals surface area (Å²) in [6.45, 7) is 5.58. The molecule has 3 heterocycles. The number of halogens is 1. The van der Waals surface area contributed by atoms with Crippen molar-refractivity contribution < 1.29 is 23.5 Å². The number of carbonyl (C=O) groups is 2. The first-order valence-electron chi connectivity index (χ1n) is 14.6. The molecule has 42 heavy (non-hydrogen) atoms. The topological polar surface area (TPSA) is 74.4 Å². The maximum Gasteiger partial charge on any atom is 0.254 e. The van der Waals surface area contributed by atoms with Crippen molar-refractivity contribution in [3.8, 4) is 11.5 Å². The fourth-order valence-electron chi connectivity index (χ4n) is 6.64. The van der Waals surface area contributed by atoms with Crippen LogP contribution in [-0.2, 0) is 11.2 Å². The molecule has 0 saturated carbocycles. The van der Waals surface area contributed by atoms with Gasteiger partial charge in [0.05, 0.1) is 26.2 Å². The van der Waals surface area contributed by atoms with E-state index >= 15 is 0 Å². The number of carbonyl (C=O) groups excluding carboxylic acids is 2. The highest BCUT2D eigenvalue weighted by Crippen LogP contribution is 2.48. The number of anilines is 1. The molecule has 3 aliphatic heterocycles. The Hall–Kier alpha value is -4.11. The molecule has 0 aliphatic carbocycles. The van der Waals surface area contributed by atoms with Crippen LogP contribution < -0.4 is 19.7 Å². The van der Waals surface area contributed by atoms with E-state index in [2.05, 4.69) is 15.1 Å². The van der Waals surface area contributed by atoms with Crippen LogP contribution in [0.2, 0.25) is 0 Å². The Kier molecular flexibility index (Phi) is 8.02. The van der Waals surface area contributed by atoms with E-state index < -0.39 is 12.0 Å². The van der Waals surface area contributed by atoms with E-state index in [1.807, 2.05) is 53.4 Å². The molecule has 0 bridgehead atoms. The van der Waals surface area contributed by atoms with E-state index in [0.29, 0.717) is 36.6 Å². The van der Waals surface area contributed by atoms with Crippen molar-refractivity contribution in [3.63, 3.8) is 0 Å². The number of hydrogen-bond acceptors (Lipinski definition) is 6. The largest absolute Gasteiger partial charge is 0.493 e. The lowest BCUT2D eigenvalue weighted by Gasteiger charge is -2.45. The van der Waals surface area contributed by atoms with Gasteiger partial charge in [-0.25, -0.2) is 4.39 Å². The van der Waals surface area contributed by atoms with Gasteiger partial charge in [0, 0.05) is 50.5 Å². The van der Waals surface area contributed by atoms with Gasteiger partial charge in [0.2, 0.25) is 5.91 Å². The molecule has 9 heteroatoms. The number of nitrogens with one attached hydrogen (secondary N) is 1. The second-order valence-corrected chi connectivity index (χ2v) is 11.1. The SMILES string of the molecule is COc1cc2c(cc1OC)[C@H]1[C@@H](C(=O)NCCCN3CCN(c4ccc(F)cc4)CC3)c3ccccc3C(=O)N1CC2. The van der Waals surface area contributed by atoms with Crippen molar-refractivity contribution in [2.45, 2.75) is 24.8 Å². The Bertz CT molecular complexity index is 1450. The van der Waals surface area contributed by atoms with E-state index in [9.17, 15) is 14.0 Å². The third-order valence-corrected chi connectivity index (χ3v) is 8.82. The maximum absolute atomic E-state index is 13.9. The molecule has 0 aromatic heterocycles. The summed E-state index contributed by atoms with van der Waals surface area (Å²) in [4.78, 5) is 34.0. The van der Waals surface area contributed by atoms with Crippen molar-refractivity contribution in [1.29, 1.82) is 0 Å². The second kappa shape index (κ2) is 12.0. The minimum absolute atomic E-state index is 0.0418. The van der Waals surface area contributed by atoms with Crippen molar-refractivity contribution in [2.24, 2.45) is 0 Å². The number of benzene rings is 3. The second-order valence-electron chi connectivity index (χ2n) is 11.1. The van der Waals surface area contributed by atoms with Crippen LogP contribution in [0.4, 0.5) is 10.1 Å². The van der Waals surface area contributed by atoms with Crippen LogP contribution in [0.3, 0.4) is 0 Å². The van der Waals surface area contributed by atoms with Crippen LogP contribution in [0.15, 0.2) is 60.7 Å². The van der Waals surface area contributed by atoms with Crippen LogP contribution in [0, 0.1) is 5.82 Å². The van der Waals surface area contributed by atoms with Gasteiger partial charge in [0.25, 0.3) is 5.91 Å². The lowest BCUT2D eigenvalue weighted by atomic mass is 9.75. The predicted molar refractivity (Wildman–Crippen MR) is 159 cm³/mol. The van der Waals surface area contributed by atoms with Crippen LogP contribution in [0.1, 0.15) is 45.4 Å². The van der Waals surface area contributed by atoms with Crippen molar-refractivity contribution >= 4 is 17.5 Å². The Morgan fingerprint density at radius 1 is 0.929 bits per heavy atom. The standard InChI is InChI=1S/C33H37FN4O4/c1-41-28-20-22-12-15-38-31(27(22)21-29(28)42-2)30(25-6-3-4-7-26(25)33(38)40)32(39)35-13-5-14-36-16-18-37(19-17-36)24-10-8-23(34)9-11-24/h3-4,6-11,20-21,30-31H,5,12-19H2,1-2H3,(H,35,39)/t30-,31-/m0/s1. The van der Waals surface area contributed by atoms with Crippen molar-refractivity contribution in [2.75, 3.05) is 64.9 Å². The Labute approximate surface area is 246 Å². The average molecular weight is 573 g/mol. The molecule has 3 aromatic carbocycles. The monoisotopic (exact) mass is 572 g/mol. The highest BCUT2D eigenvalue weighted by Gasteiger charge is 2.46. The molecule has 3 aromatic rings. The zero-order chi connectivity index (χ0) is 29.2. The molecule has 1 N–H and O–H groups in total. The Morgan fingerprint density at radius 3 is 2.38 bits per heavy atom. The molecule has 2 amide bonds. The number of ether oxygens (including phenoxy) is 2. The third-order valence-electron chi connectivity index (χ3n) is 8.82. The number of amides is 2.